The Bertz CT molecular complexity index is 1730. The molecule has 2 atom stereocenters. The Labute approximate surface area is 265 Å². The number of nitrogens with zero attached hydrogens (tertiary/aromatic N) is 5. The van der Waals surface area contributed by atoms with Crippen molar-refractivity contribution >= 4 is 49.9 Å². The van der Waals surface area contributed by atoms with E-state index in [0.717, 1.165) is 89.3 Å². The summed E-state index contributed by atoms with van der Waals surface area (Å²) in [5, 5.41) is 3.67. The maximum absolute atomic E-state index is 12.4. The predicted molar refractivity (Wildman–Crippen MR) is 176 cm³/mol. The van der Waals surface area contributed by atoms with Gasteiger partial charge < -0.3 is 9.64 Å². The molecule has 4 heterocycles. The first kappa shape index (κ1) is 29.7. The van der Waals surface area contributed by atoms with Crippen molar-refractivity contribution in [3.8, 4) is 6.01 Å². The van der Waals surface area contributed by atoms with Crippen LogP contribution in [0.15, 0.2) is 48.4 Å². The van der Waals surface area contributed by atoms with Crippen LogP contribution >= 0.6 is 11.6 Å². The highest BCUT2D eigenvalue weighted by Crippen LogP contribution is 2.40. The minimum absolute atomic E-state index is 0.0959. The fraction of sp³-hybridized carbons (Fsp3) is 0.500. The van der Waals surface area contributed by atoms with Crippen LogP contribution < -0.4 is 9.64 Å². The van der Waals surface area contributed by atoms with Gasteiger partial charge in [-0.25, -0.2) is 13.0 Å². The van der Waals surface area contributed by atoms with Gasteiger partial charge in [-0.3, -0.25) is 4.90 Å². The second-order valence-corrected chi connectivity index (χ2v) is 15.5. The predicted octanol–water partition coefficient (Wildman–Crippen LogP) is 5.92. The first-order chi connectivity index (χ1) is 21.3. The van der Waals surface area contributed by atoms with Crippen molar-refractivity contribution in [2.75, 3.05) is 38.2 Å². The average molecular weight is 635 g/mol. The number of sulfone groups is 1. The van der Waals surface area contributed by atoms with Crippen LogP contribution in [0.2, 0.25) is 5.02 Å². The molecule has 0 spiro atoms. The van der Waals surface area contributed by atoms with Crippen molar-refractivity contribution < 1.29 is 17.7 Å². The third-order valence-corrected chi connectivity index (χ3v) is 12.5. The number of hydrogen-bond donors (Lipinski definition) is 0. The molecule has 1 unspecified atom stereocenters. The zero-order chi connectivity index (χ0) is 30.5. The van der Waals surface area contributed by atoms with Gasteiger partial charge in [0.25, 0.3) is 0 Å². The summed E-state index contributed by atoms with van der Waals surface area (Å²) in [6.07, 6.45) is 9.75. The minimum atomic E-state index is -3.27. The van der Waals surface area contributed by atoms with E-state index in [1.165, 1.54) is 12.8 Å². The van der Waals surface area contributed by atoms with E-state index < -0.39 is 9.84 Å². The minimum Gasteiger partial charge on any atom is -0.443 e. The van der Waals surface area contributed by atoms with Crippen molar-refractivity contribution in [3.63, 3.8) is 0 Å². The number of hydrogen-bond acceptors (Lipinski definition) is 7. The van der Waals surface area contributed by atoms with Crippen molar-refractivity contribution in [2.24, 2.45) is 5.92 Å². The lowest BCUT2D eigenvalue weighted by atomic mass is 9.95. The summed E-state index contributed by atoms with van der Waals surface area (Å²) in [4.78, 5) is 15.0. The zero-order valence-electron chi connectivity index (χ0n) is 25.4. The molecular weight excluding hydrogens is 594 g/mol. The van der Waals surface area contributed by atoms with E-state index >= 15 is 0 Å². The molecule has 3 aliphatic heterocycles. The van der Waals surface area contributed by atoms with Gasteiger partial charge in [-0.2, -0.15) is 4.98 Å². The molecule has 4 aliphatic rings. The van der Waals surface area contributed by atoms with Crippen molar-refractivity contribution in [2.45, 2.75) is 68.7 Å². The number of ether oxygens (including phenoxy) is 1. The molecule has 7 rings (SSSR count). The third kappa shape index (κ3) is 5.41. The highest BCUT2D eigenvalue weighted by Gasteiger charge is 2.45. The molecule has 232 valence electrons. The van der Waals surface area contributed by atoms with Crippen LogP contribution in [-0.2, 0) is 22.8 Å². The van der Waals surface area contributed by atoms with E-state index in [0.29, 0.717) is 32.0 Å². The zero-order valence-corrected chi connectivity index (χ0v) is 27.0. The second kappa shape index (κ2) is 11.7. The van der Waals surface area contributed by atoms with Gasteiger partial charge in [-0.1, -0.05) is 42.4 Å². The molecule has 2 saturated heterocycles. The lowest BCUT2D eigenvalue weighted by molar-refractivity contribution is -0.407. The molecular formula is C34H41ClN5O3S+. The van der Waals surface area contributed by atoms with E-state index in [9.17, 15) is 8.42 Å². The van der Waals surface area contributed by atoms with Gasteiger partial charge in [0.15, 0.2) is 9.84 Å². The third-order valence-electron chi connectivity index (χ3n) is 10.4. The maximum Gasteiger partial charge on any atom is 0.434 e. The molecule has 0 N–H and O–H groups in total. The smallest absolute Gasteiger partial charge is 0.434 e. The van der Waals surface area contributed by atoms with Gasteiger partial charge >= 0.3 is 11.8 Å². The van der Waals surface area contributed by atoms with Gasteiger partial charge in [0, 0.05) is 40.3 Å². The number of fused-ring (bicyclic) bond motifs is 3. The van der Waals surface area contributed by atoms with Crippen LogP contribution in [0, 0.1) is 5.92 Å². The molecule has 44 heavy (non-hydrogen) atoms. The molecule has 1 saturated carbocycles. The number of rotatable bonds is 8. The Balaban J connectivity index is 1.22. The Morgan fingerprint density at radius 3 is 2.66 bits per heavy atom. The summed E-state index contributed by atoms with van der Waals surface area (Å²) in [5.41, 5.74) is 3.28. The maximum atomic E-state index is 12.4. The molecule has 10 heteroatoms. The quantitative estimate of drug-likeness (QED) is 0.225. The molecule has 8 nitrogen and oxygen atoms in total. The van der Waals surface area contributed by atoms with Crippen molar-refractivity contribution in [3.05, 3.63) is 64.7 Å². The number of aromatic nitrogens is 2. The van der Waals surface area contributed by atoms with Crippen LogP contribution in [-0.4, -0.2) is 78.2 Å². The Morgan fingerprint density at radius 1 is 1.11 bits per heavy atom. The summed E-state index contributed by atoms with van der Waals surface area (Å²) < 4.78 is 33.5. The van der Waals surface area contributed by atoms with Crippen molar-refractivity contribution in [1.82, 2.24) is 14.9 Å². The fourth-order valence-corrected chi connectivity index (χ4v) is 9.61. The van der Waals surface area contributed by atoms with E-state index in [-0.39, 0.29) is 16.7 Å². The molecule has 0 amide bonds. The van der Waals surface area contributed by atoms with Crippen LogP contribution in [0.3, 0.4) is 0 Å². The van der Waals surface area contributed by atoms with Crippen LogP contribution in [0.1, 0.15) is 56.2 Å². The first-order valence-electron chi connectivity index (χ1n) is 15.9. The summed E-state index contributed by atoms with van der Waals surface area (Å²) in [6.45, 7) is 7.85. The van der Waals surface area contributed by atoms with Crippen LogP contribution in [0.5, 0.6) is 6.01 Å². The van der Waals surface area contributed by atoms with Crippen LogP contribution in [0.4, 0.5) is 11.5 Å². The van der Waals surface area contributed by atoms with Gasteiger partial charge in [-0.05, 0) is 75.6 Å². The molecule has 0 bridgehead atoms. The Hall–Kier alpha value is -3.01. The summed E-state index contributed by atoms with van der Waals surface area (Å²) in [7, 11) is -1.25. The van der Waals surface area contributed by atoms with E-state index in [1.807, 2.05) is 19.2 Å². The van der Waals surface area contributed by atoms with E-state index in [2.05, 4.69) is 51.4 Å². The largest absolute Gasteiger partial charge is 0.443 e. The van der Waals surface area contributed by atoms with Gasteiger partial charge in [0.1, 0.15) is 6.61 Å². The summed E-state index contributed by atoms with van der Waals surface area (Å²) in [5.74, 6) is 1.000. The van der Waals surface area contributed by atoms with Crippen LogP contribution in [0.25, 0.3) is 10.8 Å². The van der Waals surface area contributed by atoms with E-state index in [1.54, 1.807) is 0 Å². The molecule has 2 aromatic carbocycles. The average Bonchev–Trinajstić information content (AvgIpc) is 3.76. The molecule has 3 fully saturated rings. The van der Waals surface area contributed by atoms with Gasteiger partial charge in [-0.15, -0.1) is 0 Å². The Kier molecular flexibility index (Phi) is 7.91. The highest BCUT2D eigenvalue weighted by atomic mass is 35.5. The highest BCUT2D eigenvalue weighted by molar-refractivity contribution is 7.94. The number of anilines is 1. The summed E-state index contributed by atoms with van der Waals surface area (Å²) in [6, 6.07) is 12.8. The monoisotopic (exact) mass is 634 g/mol. The SMILES string of the molecule is C=CS(=O)(=O)[C@H]1CCC(C=[N+](C)c2nc(OCC34CCCN3CCC4)nc3c2CCN(c2cccc4cccc(Cl)c24)C3)C1. The lowest BCUT2D eigenvalue weighted by Crippen LogP contribution is -2.43. The topological polar surface area (TPSA) is 78.6 Å². The second-order valence-electron chi connectivity index (χ2n) is 13.0. The molecule has 0 radical (unpaired) electrons. The van der Waals surface area contributed by atoms with Gasteiger partial charge in [0.05, 0.1) is 46.9 Å². The standard InChI is InChI=1S/C34H41ClN5O3S/c1-3-44(41,42)26-13-12-24(20-26)21-38(2)32-27-14-19-39(30-11-5-9-25-8-4-10-28(35)31(25)30)22-29(27)36-33(37-32)43-23-34-15-6-17-40(34)18-7-16-34/h3-5,8-11,21,24,26H,1,6-7,12-20,22-23H2,2H3/q+1/t24?,26-/m0/s1. The first-order valence-corrected chi connectivity index (χ1v) is 17.9. The van der Waals surface area contributed by atoms with Gasteiger partial charge in [0.2, 0.25) is 0 Å². The molecule has 1 aliphatic carbocycles. The number of benzene rings is 2. The normalized spacial score (nSPS) is 23.6. The fourth-order valence-electron chi connectivity index (χ4n) is 8.08. The lowest BCUT2D eigenvalue weighted by Gasteiger charge is -2.32. The van der Waals surface area contributed by atoms with Crippen molar-refractivity contribution in [1.29, 1.82) is 0 Å². The summed E-state index contributed by atoms with van der Waals surface area (Å²) >= 11 is 6.72. The molecule has 1 aromatic heterocycles. The number of halogens is 1. The Morgan fingerprint density at radius 2 is 1.89 bits per heavy atom. The molecule has 3 aromatic rings. The van der Waals surface area contributed by atoms with E-state index in [4.69, 9.17) is 26.3 Å².